The molecule has 0 heterocycles. The van der Waals surface area contributed by atoms with Crippen LogP contribution in [0.25, 0.3) is 0 Å². The van der Waals surface area contributed by atoms with Gasteiger partial charge in [-0.1, -0.05) is 6.07 Å². The summed E-state index contributed by atoms with van der Waals surface area (Å²) in [6.07, 6.45) is 2.36. The van der Waals surface area contributed by atoms with E-state index in [0.717, 1.165) is 5.56 Å². The molecule has 118 valence electrons. The van der Waals surface area contributed by atoms with Gasteiger partial charge < -0.3 is 15.2 Å². The number of rotatable bonds is 8. The zero-order valence-corrected chi connectivity index (χ0v) is 12.4. The molecular formula is C15H22F2N2O2. The van der Waals surface area contributed by atoms with E-state index in [2.05, 4.69) is 9.64 Å². The van der Waals surface area contributed by atoms with Crippen molar-refractivity contribution >= 4 is 0 Å². The molecule has 0 aromatic heterocycles. The Morgan fingerprint density at radius 2 is 2.05 bits per heavy atom. The summed E-state index contributed by atoms with van der Waals surface area (Å²) in [6.45, 7) is -0.215. The number of alkyl halides is 2. The molecule has 2 N–H and O–H groups in total. The van der Waals surface area contributed by atoms with Crippen molar-refractivity contribution < 1.29 is 18.3 Å². The first-order chi connectivity index (χ1) is 10.1. The summed E-state index contributed by atoms with van der Waals surface area (Å²) in [5, 5.41) is 0. The summed E-state index contributed by atoms with van der Waals surface area (Å²) < 4.78 is 34.7. The monoisotopic (exact) mass is 300 g/mol. The molecule has 4 nitrogen and oxygen atoms in total. The van der Waals surface area contributed by atoms with Crippen LogP contribution in [0.5, 0.6) is 11.5 Å². The van der Waals surface area contributed by atoms with Gasteiger partial charge in [-0.05, 0) is 44.5 Å². The highest BCUT2D eigenvalue weighted by Gasteiger charge is 2.31. The first-order valence-electron chi connectivity index (χ1n) is 7.20. The lowest BCUT2D eigenvalue weighted by molar-refractivity contribution is -0.0514. The fraction of sp³-hybridized carbons (Fsp3) is 0.600. The van der Waals surface area contributed by atoms with Gasteiger partial charge in [-0.15, -0.1) is 0 Å². The van der Waals surface area contributed by atoms with Gasteiger partial charge in [0.15, 0.2) is 11.5 Å². The van der Waals surface area contributed by atoms with Crippen LogP contribution >= 0.6 is 0 Å². The van der Waals surface area contributed by atoms with Crippen LogP contribution in [0.1, 0.15) is 31.4 Å². The molecule has 1 aliphatic carbocycles. The summed E-state index contributed by atoms with van der Waals surface area (Å²) in [6, 6.07) is 5.66. The van der Waals surface area contributed by atoms with E-state index in [1.165, 1.54) is 18.9 Å². The lowest BCUT2D eigenvalue weighted by atomic mass is 10.0. The minimum absolute atomic E-state index is 0.0531. The van der Waals surface area contributed by atoms with Gasteiger partial charge in [0, 0.05) is 18.6 Å². The third-order valence-electron chi connectivity index (χ3n) is 3.71. The van der Waals surface area contributed by atoms with E-state index in [9.17, 15) is 8.78 Å². The van der Waals surface area contributed by atoms with E-state index in [4.69, 9.17) is 10.5 Å². The highest BCUT2D eigenvalue weighted by molar-refractivity contribution is 5.44. The Bertz CT molecular complexity index is 467. The number of halogens is 2. The van der Waals surface area contributed by atoms with Gasteiger partial charge in [-0.3, -0.25) is 4.90 Å². The van der Waals surface area contributed by atoms with E-state index >= 15 is 0 Å². The van der Waals surface area contributed by atoms with E-state index in [0.29, 0.717) is 24.9 Å². The van der Waals surface area contributed by atoms with E-state index in [1.807, 2.05) is 7.05 Å². The van der Waals surface area contributed by atoms with Crippen molar-refractivity contribution in [1.82, 2.24) is 4.90 Å². The summed E-state index contributed by atoms with van der Waals surface area (Å²) in [5.41, 5.74) is 6.84. The van der Waals surface area contributed by atoms with Crippen molar-refractivity contribution in [3.63, 3.8) is 0 Å². The van der Waals surface area contributed by atoms with Crippen LogP contribution in [0.3, 0.4) is 0 Å². The fourth-order valence-corrected chi connectivity index (χ4v) is 2.47. The molecule has 0 amide bonds. The summed E-state index contributed by atoms with van der Waals surface area (Å²) in [4.78, 5) is 2.23. The molecule has 1 saturated carbocycles. The molecule has 0 bridgehead atoms. The number of nitrogens with zero attached hydrogens (tertiary/aromatic N) is 1. The van der Waals surface area contributed by atoms with Crippen molar-refractivity contribution in [3.8, 4) is 11.5 Å². The number of hydrogen-bond acceptors (Lipinski definition) is 4. The minimum atomic E-state index is -2.87. The average Bonchev–Trinajstić information content (AvgIpc) is 3.26. The number of ether oxygens (including phenoxy) is 2. The minimum Gasteiger partial charge on any atom is -0.490 e. The van der Waals surface area contributed by atoms with Crippen LogP contribution in [0.15, 0.2) is 18.2 Å². The van der Waals surface area contributed by atoms with Crippen LogP contribution < -0.4 is 15.2 Å². The second-order valence-electron chi connectivity index (χ2n) is 5.17. The number of hydrogen-bond donors (Lipinski definition) is 1. The number of nitrogens with two attached hydrogens (primary N) is 1. The topological polar surface area (TPSA) is 47.7 Å². The van der Waals surface area contributed by atoms with Gasteiger partial charge in [-0.25, -0.2) is 0 Å². The Labute approximate surface area is 123 Å². The molecular weight excluding hydrogens is 278 g/mol. The molecule has 2 rings (SSSR count). The van der Waals surface area contributed by atoms with Crippen molar-refractivity contribution in [2.75, 3.05) is 20.2 Å². The number of benzene rings is 1. The van der Waals surface area contributed by atoms with Gasteiger partial charge in [-0.2, -0.15) is 8.78 Å². The first kappa shape index (κ1) is 16.0. The Morgan fingerprint density at radius 1 is 1.33 bits per heavy atom. The largest absolute Gasteiger partial charge is 0.490 e. The normalized spacial score (nSPS) is 16.3. The second-order valence-corrected chi connectivity index (χ2v) is 5.17. The van der Waals surface area contributed by atoms with Gasteiger partial charge >= 0.3 is 6.61 Å². The Balaban J connectivity index is 2.24. The molecule has 1 fully saturated rings. The Kier molecular flexibility index (Phi) is 5.36. The molecule has 1 aromatic carbocycles. The van der Waals surface area contributed by atoms with Crippen molar-refractivity contribution in [1.29, 1.82) is 0 Å². The summed E-state index contributed by atoms with van der Waals surface area (Å²) in [5.74, 6) is 0.387. The van der Waals surface area contributed by atoms with Crippen LogP contribution in [0.4, 0.5) is 8.78 Å². The SMILES string of the molecule is CCOc1cc(C(CN)N(C)C2CC2)ccc1OC(F)F. The van der Waals surface area contributed by atoms with Gasteiger partial charge in [0.1, 0.15) is 0 Å². The quantitative estimate of drug-likeness (QED) is 0.802. The maximum atomic E-state index is 12.4. The first-order valence-corrected chi connectivity index (χ1v) is 7.20. The maximum absolute atomic E-state index is 12.4. The molecule has 0 spiro atoms. The zero-order chi connectivity index (χ0) is 15.4. The molecule has 21 heavy (non-hydrogen) atoms. The van der Waals surface area contributed by atoms with Crippen LogP contribution in [0.2, 0.25) is 0 Å². The van der Waals surface area contributed by atoms with Crippen molar-refractivity contribution in [2.24, 2.45) is 5.73 Å². The third kappa shape index (κ3) is 4.04. The standard InChI is InChI=1S/C15H22F2N2O2/c1-3-20-14-8-10(4-7-13(14)21-15(16)17)12(9-18)19(2)11-5-6-11/h4,7-8,11-12,15H,3,5-6,9,18H2,1-2H3. The van der Waals surface area contributed by atoms with Crippen LogP contribution in [-0.2, 0) is 0 Å². The predicted molar refractivity (Wildman–Crippen MR) is 76.8 cm³/mol. The fourth-order valence-electron chi connectivity index (χ4n) is 2.47. The number of likely N-dealkylation sites (N-methyl/N-ethyl adjacent to an activating group) is 1. The highest BCUT2D eigenvalue weighted by atomic mass is 19.3. The van der Waals surface area contributed by atoms with E-state index in [-0.39, 0.29) is 11.8 Å². The third-order valence-corrected chi connectivity index (χ3v) is 3.71. The lowest BCUT2D eigenvalue weighted by Crippen LogP contribution is -2.32. The molecule has 6 heteroatoms. The second kappa shape index (κ2) is 7.04. The molecule has 1 unspecified atom stereocenters. The Morgan fingerprint density at radius 3 is 2.57 bits per heavy atom. The lowest BCUT2D eigenvalue weighted by Gasteiger charge is -2.28. The zero-order valence-electron chi connectivity index (χ0n) is 12.4. The summed E-state index contributed by atoms with van der Waals surface area (Å²) >= 11 is 0. The van der Waals surface area contributed by atoms with Crippen molar-refractivity contribution in [3.05, 3.63) is 23.8 Å². The molecule has 0 saturated heterocycles. The Hall–Kier alpha value is -1.40. The van der Waals surface area contributed by atoms with Crippen molar-refractivity contribution in [2.45, 2.75) is 38.5 Å². The van der Waals surface area contributed by atoms with Gasteiger partial charge in [0.25, 0.3) is 0 Å². The molecule has 0 radical (unpaired) electrons. The summed E-state index contributed by atoms with van der Waals surface area (Å²) in [7, 11) is 2.04. The smallest absolute Gasteiger partial charge is 0.387 e. The van der Waals surface area contributed by atoms with Crippen LogP contribution in [-0.4, -0.2) is 37.8 Å². The highest BCUT2D eigenvalue weighted by Crippen LogP contribution is 2.36. The average molecular weight is 300 g/mol. The van der Waals surface area contributed by atoms with Crippen LogP contribution in [0, 0.1) is 0 Å². The van der Waals surface area contributed by atoms with E-state index in [1.54, 1.807) is 19.1 Å². The van der Waals surface area contributed by atoms with Gasteiger partial charge in [0.05, 0.1) is 6.61 Å². The molecule has 1 atom stereocenters. The molecule has 1 aliphatic rings. The molecule has 0 aliphatic heterocycles. The molecule has 1 aromatic rings. The predicted octanol–water partition coefficient (Wildman–Crippen LogP) is 2.78. The van der Waals surface area contributed by atoms with E-state index < -0.39 is 6.61 Å². The maximum Gasteiger partial charge on any atom is 0.387 e. The van der Waals surface area contributed by atoms with Gasteiger partial charge in [0.2, 0.25) is 0 Å².